The van der Waals surface area contributed by atoms with Gasteiger partial charge in [-0.15, -0.1) is 0 Å². The largest absolute Gasteiger partial charge is 0.329 e. The van der Waals surface area contributed by atoms with Crippen molar-refractivity contribution in [3.8, 4) is 0 Å². The minimum Gasteiger partial charge on any atom is -0.329 e. The third-order valence-electron chi connectivity index (χ3n) is 3.97. The van der Waals surface area contributed by atoms with Crippen molar-refractivity contribution in [3.05, 3.63) is 0 Å². The Morgan fingerprint density at radius 1 is 1.00 bits per heavy atom. The van der Waals surface area contributed by atoms with Crippen molar-refractivity contribution < 1.29 is 0 Å². The van der Waals surface area contributed by atoms with Crippen molar-refractivity contribution in [1.82, 2.24) is 4.90 Å². The van der Waals surface area contributed by atoms with E-state index in [1.165, 1.54) is 45.1 Å². The lowest BCUT2D eigenvalue weighted by molar-refractivity contribution is 0.137. The van der Waals surface area contributed by atoms with Gasteiger partial charge in [0.25, 0.3) is 0 Å². The Morgan fingerprint density at radius 2 is 1.56 bits per heavy atom. The van der Waals surface area contributed by atoms with Crippen LogP contribution < -0.4 is 5.73 Å². The predicted octanol–water partition coefficient (Wildman–Crippen LogP) is 3.41. The molecule has 0 bridgehead atoms. The Kier molecular flexibility index (Phi) is 8.96. The van der Waals surface area contributed by atoms with Gasteiger partial charge in [0.2, 0.25) is 0 Å². The van der Waals surface area contributed by atoms with E-state index in [4.69, 9.17) is 5.73 Å². The number of nitrogens with zero attached hydrogens (tertiary/aromatic N) is 1. The van der Waals surface area contributed by atoms with E-state index in [1.54, 1.807) is 0 Å². The lowest BCUT2D eigenvalue weighted by atomic mass is 9.96. The van der Waals surface area contributed by atoms with Gasteiger partial charge in [0.15, 0.2) is 0 Å². The SMILES string of the molecule is CCCCCCCCN(C)C(C)(CC)CN. The summed E-state index contributed by atoms with van der Waals surface area (Å²) in [5, 5.41) is 0. The zero-order valence-corrected chi connectivity index (χ0v) is 11.9. The van der Waals surface area contributed by atoms with Crippen LogP contribution in [-0.2, 0) is 0 Å². The molecule has 1 atom stereocenters. The Morgan fingerprint density at radius 3 is 2.06 bits per heavy atom. The molecule has 98 valence electrons. The van der Waals surface area contributed by atoms with Gasteiger partial charge in [0, 0.05) is 12.1 Å². The topological polar surface area (TPSA) is 29.3 Å². The Hall–Kier alpha value is -0.0800. The summed E-state index contributed by atoms with van der Waals surface area (Å²) < 4.78 is 0. The predicted molar refractivity (Wildman–Crippen MR) is 73.8 cm³/mol. The fraction of sp³-hybridized carbons (Fsp3) is 1.00. The molecule has 1 unspecified atom stereocenters. The fourth-order valence-corrected chi connectivity index (χ4v) is 1.97. The first kappa shape index (κ1) is 15.9. The van der Waals surface area contributed by atoms with E-state index in [2.05, 4.69) is 32.7 Å². The molecule has 0 heterocycles. The molecule has 0 aromatic heterocycles. The van der Waals surface area contributed by atoms with Gasteiger partial charge in [-0.3, -0.25) is 4.90 Å². The fourth-order valence-electron chi connectivity index (χ4n) is 1.97. The first-order chi connectivity index (χ1) is 7.60. The van der Waals surface area contributed by atoms with E-state index >= 15 is 0 Å². The maximum atomic E-state index is 5.85. The quantitative estimate of drug-likeness (QED) is 0.581. The van der Waals surface area contributed by atoms with Crippen LogP contribution in [0, 0.1) is 0 Å². The molecule has 2 heteroatoms. The van der Waals surface area contributed by atoms with Crippen LogP contribution in [0.3, 0.4) is 0 Å². The van der Waals surface area contributed by atoms with Crippen LogP contribution in [0.15, 0.2) is 0 Å². The molecule has 0 aromatic carbocycles. The van der Waals surface area contributed by atoms with Gasteiger partial charge in [0.1, 0.15) is 0 Å². The molecule has 0 aliphatic heterocycles. The first-order valence-electron chi connectivity index (χ1n) is 7.02. The normalized spacial score (nSPS) is 15.4. The highest BCUT2D eigenvalue weighted by molar-refractivity contribution is 4.83. The Labute approximate surface area is 103 Å². The molecule has 0 spiro atoms. The summed E-state index contributed by atoms with van der Waals surface area (Å²) in [4.78, 5) is 2.44. The molecule has 0 amide bonds. The van der Waals surface area contributed by atoms with E-state index in [9.17, 15) is 0 Å². The van der Waals surface area contributed by atoms with Crippen LogP contribution in [0.4, 0.5) is 0 Å². The molecule has 0 saturated heterocycles. The zero-order chi connectivity index (χ0) is 12.4. The molecule has 0 aliphatic carbocycles. The molecule has 0 saturated carbocycles. The zero-order valence-electron chi connectivity index (χ0n) is 11.9. The summed E-state index contributed by atoms with van der Waals surface area (Å²) in [7, 11) is 2.21. The number of hydrogen-bond acceptors (Lipinski definition) is 2. The summed E-state index contributed by atoms with van der Waals surface area (Å²) in [5.74, 6) is 0. The Balaban J connectivity index is 3.60. The molecule has 16 heavy (non-hydrogen) atoms. The molecule has 0 fully saturated rings. The average molecular weight is 228 g/mol. The van der Waals surface area contributed by atoms with Crippen LogP contribution in [0.5, 0.6) is 0 Å². The highest BCUT2D eigenvalue weighted by Crippen LogP contribution is 2.17. The minimum absolute atomic E-state index is 0.198. The van der Waals surface area contributed by atoms with E-state index in [0.29, 0.717) is 0 Å². The second-order valence-corrected chi connectivity index (χ2v) is 5.24. The molecule has 0 aromatic rings. The molecule has 2 nitrogen and oxygen atoms in total. The van der Waals surface area contributed by atoms with Crippen LogP contribution in [0.2, 0.25) is 0 Å². The van der Waals surface area contributed by atoms with Crippen LogP contribution in [0.25, 0.3) is 0 Å². The Bertz CT molecular complexity index is 153. The lowest BCUT2D eigenvalue weighted by Crippen LogP contribution is -2.49. The highest BCUT2D eigenvalue weighted by atomic mass is 15.2. The van der Waals surface area contributed by atoms with E-state index < -0.39 is 0 Å². The molecule has 0 radical (unpaired) electrons. The molecular formula is C14H32N2. The number of nitrogens with two attached hydrogens (primary N) is 1. The third-order valence-corrected chi connectivity index (χ3v) is 3.97. The summed E-state index contributed by atoms with van der Waals surface area (Å²) in [6, 6.07) is 0. The third kappa shape index (κ3) is 5.86. The average Bonchev–Trinajstić information content (AvgIpc) is 2.32. The van der Waals surface area contributed by atoms with Crippen molar-refractivity contribution in [2.45, 2.75) is 71.3 Å². The molecule has 0 rings (SSSR count). The minimum atomic E-state index is 0.198. The van der Waals surface area contributed by atoms with Gasteiger partial charge in [-0.25, -0.2) is 0 Å². The van der Waals surface area contributed by atoms with E-state index in [-0.39, 0.29) is 5.54 Å². The van der Waals surface area contributed by atoms with Crippen molar-refractivity contribution in [2.75, 3.05) is 20.1 Å². The van der Waals surface area contributed by atoms with Gasteiger partial charge in [-0.1, -0.05) is 46.0 Å². The number of unbranched alkanes of at least 4 members (excludes halogenated alkanes) is 5. The van der Waals surface area contributed by atoms with E-state index in [1.807, 2.05) is 0 Å². The van der Waals surface area contributed by atoms with Crippen molar-refractivity contribution in [3.63, 3.8) is 0 Å². The number of likely N-dealkylation sites (N-methyl/N-ethyl adjacent to an activating group) is 1. The van der Waals surface area contributed by atoms with Crippen LogP contribution in [0.1, 0.15) is 65.7 Å². The van der Waals surface area contributed by atoms with Gasteiger partial charge < -0.3 is 5.73 Å². The van der Waals surface area contributed by atoms with Gasteiger partial charge in [0.05, 0.1) is 0 Å². The first-order valence-corrected chi connectivity index (χ1v) is 7.02. The summed E-state index contributed by atoms with van der Waals surface area (Å²) in [5.41, 5.74) is 6.04. The number of rotatable bonds is 10. The maximum absolute atomic E-state index is 5.85. The van der Waals surface area contributed by atoms with Crippen molar-refractivity contribution in [2.24, 2.45) is 5.73 Å². The summed E-state index contributed by atoms with van der Waals surface area (Å²) in [6.07, 6.45) is 9.35. The lowest BCUT2D eigenvalue weighted by Gasteiger charge is -2.37. The second kappa shape index (κ2) is 9.00. The maximum Gasteiger partial charge on any atom is 0.0297 e. The monoisotopic (exact) mass is 228 g/mol. The van der Waals surface area contributed by atoms with Gasteiger partial charge in [-0.2, -0.15) is 0 Å². The van der Waals surface area contributed by atoms with Crippen LogP contribution >= 0.6 is 0 Å². The summed E-state index contributed by atoms with van der Waals surface area (Å²) >= 11 is 0. The van der Waals surface area contributed by atoms with Gasteiger partial charge in [-0.05, 0) is 33.4 Å². The number of hydrogen-bond donors (Lipinski definition) is 1. The van der Waals surface area contributed by atoms with Crippen LogP contribution in [-0.4, -0.2) is 30.6 Å². The molecule has 2 N–H and O–H groups in total. The van der Waals surface area contributed by atoms with Crippen molar-refractivity contribution in [1.29, 1.82) is 0 Å². The smallest absolute Gasteiger partial charge is 0.0297 e. The molecule has 0 aliphatic rings. The highest BCUT2D eigenvalue weighted by Gasteiger charge is 2.24. The second-order valence-electron chi connectivity index (χ2n) is 5.24. The van der Waals surface area contributed by atoms with E-state index in [0.717, 1.165) is 13.0 Å². The van der Waals surface area contributed by atoms with Gasteiger partial charge >= 0.3 is 0 Å². The summed E-state index contributed by atoms with van der Waals surface area (Å²) in [6.45, 7) is 8.71. The van der Waals surface area contributed by atoms with Crippen molar-refractivity contribution >= 4 is 0 Å². The standard InChI is InChI=1S/C14H32N2/c1-5-7-8-9-10-11-12-16(4)14(3,6-2)13-15/h5-13,15H2,1-4H3. The molecular weight excluding hydrogens is 196 g/mol.